The van der Waals surface area contributed by atoms with Gasteiger partial charge in [0.2, 0.25) is 5.91 Å². The van der Waals surface area contributed by atoms with Crippen LogP contribution in [0.3, 0.4) is 0 Å². The molecular formula is C16H21NO4. The van der Waals surface area contributed by atoms with Crippen molar-refractivity contribution in [2.75, 3.05) is 20.3 Å². The van der Waals surface area contributed by atoms with E-state index in [9.17, 15) is 15.0 Å². The fraction of sp³-hybridized carbons (Fsp3) is 0.562. The Labute approximate surface area is 124 Å². The summed E-state index contributed by atoms with van der Waals surface area (Å²) in [6.45, 7) is 0.370. The molecule has 1 aliphatic heterocycles. The van der Waals surface area contributed by atoms with Crippen LogP contribution in [0, 0.1) is 0 Å². The zero-order valence-electron chi connectivity index (χ0n) is 12.1. The van der Waals surface area contributed by atoms with Gasteiger partial charge in [-0.3, -0.25) is 4.79 Å². The highest BCUT2D eigenvalue weighted by Gasteiger charge is 2.54. The molecule has 0 radical (unpaired) electrons. The first kappa shape index (κ1) is 14.5. The van der Waals surface area contributed by atoms with Crippen molar-refractivity contribution in [2.24, 2.45) is 0 Å². The standard InChI is InChI=1S/C16H21NO4/c1-17(12-9-21-10-13(18)14(12)19)15(20)16(7-8-16)11-5-3-2-4-6-11/h2-6,12-14,18-19H,7-10H2,1H3/t12-,13-,14+/m1/s1. The number of benzene rings is 1. The van der Waals surface area contributed by atoms with E-state index in [4.69, 9.17) is 4.74 Å². The van der Waals surface area contributed by atoms with E-state index in [1.807, 2.05) is 30.3 Å². The third-order valence-corrected chi connectivity index (χ3v) is 4.67. The highest BCUT2D eigenvalue weighted by atomic mass is 16.5. The zero-order valence-corrected chi connectivity index (χ0v) is 12.1. The van der Waals surface area contributed by atoms with Crippen LogP contribution in [0.25, 0.3) is 0 Å². The number of nitrogens with zero attached hydrogens (tertiary/aromatic N) is 1. The predicted molar refractivity (Wildman–Crippen MR) is 76.7 cm³/mol. The van der Waals surface area contributed by atoms with Gasteiger partial charge in [-0.15, -0.1) is 0 Å². The second kappa shape index (κ2) is 5.40. The van der Waals surface area contributed by atoms with Gasteiger partial charge in [0.25, 0.3) is 0 Å². The van der Waals surface area contributed by atoms with Crippen molar-refractivity contribution in [3.05, 3.63) is 35.9 Å². The van der Waals surface area contributed by atoms with Gasteiger partial charge in [0.15, 0.2) is 0 Å². The Balaban J connectivity index is 1.79. The molecule has 114 valence electrons. The molecule has 2 fully saturated rings. The minimum absolute atomic E-state index is 0.00421. The Kier molecular flexibility index (Phi) is 3.73. The number of carbonyl (C=O) groups excluding carboxylic acids is 1. The quantitative estimate of drug-likeness (QED) is 0.840. The van der Waals surface area contributed by atoms with Crippen LogP contribution in [0.1, 0.15) is 18.4 Å². The van der Waals surface area contributed by atoms with E-state index < -0.39 is 23.7 Å². The molecule has 0 bridgehead atoms. The van der Waals surface area contributed by atoms with Crippen LogP contribution in [-0.4, -0.2) is 59.5 Å². The summed E-state index contributed by atoms with van der Waals surface area (Å²) in [7, 11) is 1.68. The highest BCUT2D eigenvalue weighted by Crippen LogP contribution is 2.49. The molecule has 1 saturated carbocycles. The summed E-state index contributed by atoms with van der Waals surface area (Å²) in [5, 5.41) is 19.8. The third-order valence-electron chi connectivity index (χ3n) is 4.67. The first-order chi connectivity index (χ1) is 10.1. The van der Waals surface area contributed by atoms with Crippen molar-refractivity contribution in [1.29, 1.82) is 0 Å². The van der Waals surface area contributed by atoms with E-state index in [0.29, 0.717) is 0 Å². The molecule has 0 aromatic heterocycles. The molecule has 3 rings (SSSR count). The molecule has 1 aromatic carbocycles. The van der Waals surface area contributed by atoms with Crippen LogP contribution in [0.4, 0.5) is 0 Å². The van der Waals surface area contributed by atoms with E-state index in [1.54, 1.807) is 11.9 Å². The number of aliphatic hydroxyl groups excluding tert-OH is 2. The number of amides is 1. The summed E-state index contributed by atoms with van der Waals surface area (Å²) in [5.41, 5.74) is 0.562. The van der Waals surface area contributed by atoms with Gasteiger partial charge in [-0.05, 0) is 18.4 Å². The topological polar surface area (TPSA) is 70.0 Å². The number of hydrogen-bond donors (Lipinski definition) is 2. The molecular weight excluding hydrogens is 270 g/mol. The average Bonchev–Trinajstić information content (AvgIpc) is 3.31. The summed E-state index contributed by atoms with van der Waals surface area (Å²) >= 11 is 0. The van der Waals surface area contributed by atoms with Crippen molar-refractivity contribution in [1.82, 2.24) is 4.90 Å². The Morgan fingerprint density at radius 1 is 1.24 bits per heavy atom. The molecule has 1 aliphatic carbocycles. The molecule has 21 heavy (non-hydrogen) atoms. The summed E-state index contributed by atoms with van der Waals surface area (Å²) in [4.78, 5) is 14.4. The summed E-state index contributed by atoms with van der Waals surface area (Å²) in [5.74, 6) is -0.00421. The molecule has 2 N–H and O–H groups in total. The molecule has 5 heteroatoms. The largest absolute Gasteiger partial charge is 0.388 e. The first-order valence-electron chi connectivity index (χ1n) is 7.33. The lowest BCUT2D eigenvalue weighted by molar-refractivity contribution is -0.155. The normalized spacial score (nSPS) is 30.7. The van der Waals surface area contributed by atoms with E-state index in [2.05, 4.69) is 0 Å². The van der Waals surface area contributed by atoms with Crippen molar-refractivity contribution in [3.8, 4) is 0 Å². The van der Waals surface area contributed by atoms with Gasteiger partial charge in [0.1, 0.15) is 12.2 Å². The average molecular weight is 291 g/mol. The maximum Gasteiger partial charge on any atom is 0.233 e. The number of likely N-dealkylation sites (N-methyl/N-ethyl adjacent to an activating group) is 1. The highest BCUT2D eigenvalue weighted by molar-refractivity contribution is 5.91. The number of ether oxygens (including phenoxy) is 1. The maximum absolute atomic E-state index is 12.9. The van der Waals surface area contributed by atoms with E-state index >= 15 is 0 Å². The monoisotopic (exact) mass is 291 g/mol. The molecule has 0 spiro atoms. The maximum atomic E-state index is 12.9. The molecule has 2 aliphatic rings. The smallest absolute Gasteiger partial charge is 0.233 e. The van der Waals surface area contributed by atoms with Crippen LogP contribution in [0.5, 0.6) is 0 Å². The summed E-state index contributed by atoms with van der Waals surface area (Å²) < 4.78 is 5.27. The number of hydrogen-bond acceptors (Lipinski definition) is 4. The summed E-state index contributed by atoms with van der Waals surface area (Å²) in [6, 6.07) is 9.25. The van der Waals surface area contributed by atoms with Crippen LogP contribution in [0.15, 0.2) is 30.3 Å². The van der Waals surface area contributed by atoms with Gasteiger partial charge >= 0.3 is 0 Å². The lowest BCUT2D eigenvalue weighted by Gasteiger charge is -2.39. The fourth-order valence-electron chi connectivity index (χ4n) is 3.10. The molecule has 1 saturated heterocycles. The SMILES string of the molecule is CN(C(=O)C1(c2ccccc2)CC1)[C@@H]1COC[C@@H](O)[C@H]1O. The molecule has 0 unspecified atom stereocenters. The second-order valence-corrected chi connectivity index (χ2v) is 6.03. The molecule has 1 aromatic rings. The Morgan fingerprint density at radius 3 is 2.52 bits per heavy atom. The van der Waals surface area contributed by atoms with E-state index in [1.165, 1.54) is 0 Å². The predicted octanol–water partition coefficient (Wildman–Crippen LogP) is 0.297. The van der Waals surface area contributed by atoms with E-state index in [0.717, 1.165) is 18.4 Å². The van der Waals surface area contributed by atoms with Gasteiger partial charge in [-0.2, -0.15) is 0 Å². The lowest BCUT2D eigenvalue weighted by atomic mass is 9.92. The van der Waals surface area contributed by atoms with Crippen molar-refractivity contribution in [2.45, 2.75) is 36.5 Å². The Hall–Kier alpha value is -1.43. The fourth-order valence-corrected chi connectivity index (χ4v) is 3.10. The molecule has 3 atom stereocenters. The van der Waals surface area contributed by atoms with Crippen molar-refractivity contribution in [3.63, 3.8) is 0 Å². The minimum Gasteiger partial charge on any atom is -0.388 e. The van der Waals surface area contributed by atoms with Gasteiger partial charge in [0, 0.05) is 7.05 Å². The minimum atomic E-state index is -0.959. The Morgan fingerprint density at radius 2 is 1.90 bits per heavy atom. The van der Waals surface area contributed by atoms with Crippen molar-refractivity contribution >= 4 is 5.91 Å². The third kappa shape index (κ3) is 2.46. The number of rotatable bonds is 3. The van der Waals surface area contributed by atoms with Crippen LogP contribution in [-0.2, 0) is 14.9 Å². The first-order valence-corrected chi connectivity index (χ1v) is 7.33. The van der Waals surface area contributed by atoms with Gasteiger partial charge in [-0.1, -0.05) is 30.3 Å². The zero-order chi connectivity index (χ0) is 15.0. The molecule has 1 heterocycles. The Bertz CT molecular complexity index is 514. The number of aliphatic hydroxyl groups is 2. The molecule has 5 nitrogen and oxygen atoms in total. The van der Waals surface area contributed by atoms with Crippen molar-refractivity contribution < 1.29 is 19.7 Å². The molecule has 1 amide bonds. The second-order valence-electron chi connectivity index (χ2n) is 6.03. The van der Waals surface area contributed by atoms with Gasteiger partial charge < -0.3 is 19.8 Å². The van der Waals surface area contributed by atoms with Crippen LogP contribution >= 0.6 is 0 Å². The van der Waals surface area contributed by atoms with Gasteiger partial charge in [-0.25, -0.2) is 0 Å². The summed E-state index contributed by atoms with van der Waals surface area (Å²) in [6.07, 6.45) is -0.246. The van der Waals surface area contributed by atoms with E-state index in [-0.39, 0.29) is 19.1 Å². The van der Waals surface area contributed by atoms with Gasteiger partial charge in [0.05, 0.1) is 24.7 Å². The van der Waals surface area contributed by atoms with Crippen LogP contribution in [0.2, 0.25) is 0 Å². The number of carbonyl (C=O) groups is 1. The van der Waals surface area contributed by atoms with Crippen LogP contribution < -0.4 is 0 Å². The lowest BCUT2D eigenvalue weighted by Crippen LogP contribution is -2.57.